The minimum atomic E-state index is -1.11. The van der Waals surface area contributed by atoms with Crippen molar-refractivity contribution in [2.24, 2.45) is 0 Å². The van der Waals surface area contributed by atoms with Crippen LogP contribution in [0.3, 0.4) is 0 Å². The molecule has 4 heteroatoms. The third kappa shape index (κ3) is 1.87. The van der Waals surface area contributed by atoms with Gasteiger partial charge in [-0.3, -0.25) is 4.79 Å². The summed E-state index contributed by atoms with van der Waals surface area (Å²) < 4.78 is 0. The Balaban J connectivity index is 2.30. The number of carbonyl (C=O) groups excluding carboxylic acids is 1. The molecule has 2 aromatic rings. The van der Waals surface area contributed by atoms with Crippen molar-refractivity contribution in [3.05, 3.63) is 65.7 Å². The van der Waals surface area contributed by atoms with Gasteiger partial charge in [0.2, 0.25) is 0 Å². The van der Waals surface area contributed by atoms with Crippen molar-refractivity contribution in [2.45, 2.75) is 0 Å². The zero-order valence-electron chi connectivity index (χ0n) is 10.5. The molecule has 0 unspecified atom stereocenters. The summed E-state index contributed by atoms with van der Waals surface area (Å²) in [5.41, 5.74) is 2.01. The second kappa shape index (κ2) is 4.66. The van der Waals surface area contributed by atoms with Crippen LogP contribution >= 0.6 is 0 Å². The van der Waals surface area contributed by atoms with Crippen LogP contribution in [0.4, 0.5) is 5.69 Å². The van der Waals surface area contributed by atoms with Crippen molar-refractivity contribution >= 4 is 28.7 Å². The first kappa shape index (κ1) is 12.2. The number of benzene rings is 2. The summed E-state index contributed by atoms with van der Waals surface area (Å²) >= 11 is 0. The van der Waals surface area contributed by atoms with E-state index in [1.165, 1.54) is 0 Å². The lowest BCUT2D eigenvalue weighted by atomic mass is 9.95. The van der Waals surface area contributed by atoms with Crippen molar-refractivity contribution in [1.82, 2.24) is 0 Å². The summed E-state index contributed by atoms with van der Waals surface area (Å²) in [5, 5.41) is 12.2. The molecule has 2 N–H and O–H groups in total. The SMILES string of the molecule is O=C(O)/C(=C1\C(=O)Nc2ccccc21)c1ccccc1. The normalized spacial score (nSPS) is 15.5. The van der Waals surface area contributed by atoms with Crippen LogP contribution in [0.5, 0.6) is 0 Å². The Labute approximate surface area is 115 Å². The summed E-state index contributed by atoms with van der Waals surface area (Å²) in [5.74, 6) is -1.49. The van der Waals surface area contributed by atoms with Gasteiger partial charge in [-0.25, -0.2) is 4.79 Å². The van der Waals surface area contributed by atoms with Gasteiger partial charge >= 0.3 is 5.97 Å². The lowest BCUT2D eigenvalue weighted by Crippen LogP contribution is -2.10. The average Bonchev–Trinajstić information content (AvgIpc) is 2.77. The van der Waals surface area contributed by atoms with E-state index >= 15 is 0 Å². The van der Waals surface area contributed by atoms with Crippen LogP contribution in [0.1, 0.15) is 11.1 Å². The van der Waals surface area contributed by atoms with Gasteiger partial charge in [-0.15, -0.1) is 0 Å². The molecule has 1 amide bonds. The number of amides is 1. The number of rotatable bonds is 2. The molecule has 0 aliphatic carbocycles. The van der Waals surface area contributed by atoms with Crippen LogP contribution in [0.25, 0.3) is 11.1 Å². The summed E-state index contributed by atoms with van der Waals surface area (Å²) in [6.45, 7) is 0. The highest BCUT2D eigenvalue weighted by atomic mass is 16.4. The van der Waals surface area contributed by atoms with Crippen LogP contribution in [0.2, 0.25) is 0 Å². The highest BCUT2D eigenvalue weighted by Crippen LogP contribution is 2.36. The van der Waals surface area contributed by atoms with Crippen molar-refractivity contribution < 1.29 is 14.7 Å². The molecule has 0 fully saturated rings. The molecule has 2 aromatic carbocycles. The van der Waals surface area contributed by atoms with E-state index in [4.69, 9.17) is 0 Å². The van der Waals surface area contributed by atoms with Gasteiger partial charge in [-0.05, 0) is 11.6 Å². The Kier molecular flexibility index (Phi) is 2.84. The molecular formula is C16H11NO3. The maximum Gasteiger partial charge on any atom is 0.337 e. The van der Waals surface area contributed by atoms with Crippen LogP contribution in [0.15, 0.2) is 54.6 Å². The Bertz CT molecular complexity index is 732. The topological polar surface area (TPSA) is 66.4 Å². The molecule has 0 spiro atoms. The molecule has 3 rings (SSSR count). The minimum absolute atomic E-state index is 0.0213. The molecule has 4 nitrogen and oxygen atoms in total. The number of carboxylic acid groups (broad SMARTS) is 1. The van der Waals surface area contributed by atoms with E-state index in [1.54, 1.807) is 54.6 Å². The summed E-state index contributed by atoms with van der Waals surface area (Å²) in [6, 6.07) is 15.7. The number of nitrogens with one attached hydrogen (secondary N) is 1. The first-order valence-corrected chi connectivity index (χ1v) is 6.12. The maximum absolute atomic E-state index is 12.1. The largest absolute Gasteiger partial charge is 0.478 e. The van der Waals surface area contributed by atoms with Crippen LogP contribution in [-0.4, -0.2) is 17.0 Å². The molecule has 20 heavy (non-hydrogen) atoms. The molecule has 0 saturated heterocycles. The summed E-state index contributed by atoms with van der Waals surface area (Å²) in [6.07, 6.45) is 0. The van der Waals surface area contributed by atoms with Crippen molar-refractivity contribution in [3.8, 4) is 0 Å². The van der Waals surface area contributed by atoms with Crippen LogP contribution < -0.4 is 5.32 Å². The van der Waals surface area contributed by atoms with Gasteiger partial charge < -0.3 is 10.4 Å². The highest BCUT2D eigenvalue weighted by Gasteiger charge is 2.30. The molecule has 0 radical (unpaired) electrons. The number of carboxylic acids is 1. The van der Waals surface area contributed by atoms with Crippen molar-refractivity contribution in [2.75, 3.05) is 5.32 Å². The minimum Gasteiger partial charge on any atom is -0.478 e. The number of anilines is 1. The zero-order valence-corrected chi connectivity index (χ0v) is 10.5. The number of para-hydroxylation sites is 1. The van der Waals surface area contributed by atoms with E-state index in [0.717, 1.165) is 0 Å². The standard InChI is InChI=1S/C16H11NO3/c18-15-14(11-8-4-5-9-12(11)17-15)13(16(19)20)10-6-2-1-3-7-10/h1-9H,(H,17,18)(H,19,20)/b14-13-. The van der Waals surface area contributed by atoms with Crippen molar-refractivity contribution in [1.29, 1.82) is 0 Å². The molecule has 0 atom stereocenters. The van der Waals surface area contributed by atoms with E-state index < -0.39 is 5.97 Å². The third-order valence-corrected chi connectivity index (χ3v) is 3.20. The number of aliphatic carboxylic acids is 1. The van der Waals surface area contributed by atoms with Gasteiger partial charge in [0.1, 0.15) is 0 Å². The summed E-state index contributed by atoms with van der Waals surface area (Å²) in [7, 11) is 0. The molecule has 0 bridgehead atoms. The first-order valence-electron chi connectivity index (χ1n) is 6.12. The van der Waals surface area contributed by atoms with Gasteiger partial charge in [-0.1, -0.05) is 48.5 Å². The van der Waals surface area contributed by atoms with Gasteiger partial charge in [-0.2, -0.15) is 0 Å². The molecule has 0 saturated carbocycles. The predicted molar refractivity (Wildman–Crippen MR) is 76.0 cm³/mol. The Morgan fingerprint density at radius 3 is 2.30 bits per heavy atom. The van der Waals surface area contributed by atoms with E-state index in [0.29, 0.717) is 16.8 Å². The number of carbonyl (C=O) groups is 2. The number of hydrogen-bond donors (Lipinski definition) is 2. The van der Waals surface area contributed by atoms with Crippen molar-refractivity contribution in [3.63, 3.8) is 0 Å². The number of hydrogen-bond acceptors (Lipinski definition) is 2. The van der Waals surface area contributed by atoms with E-state index in [9.17, 15) is 14.7 Å². The Morgan fingerprint density at radius 2 is 1.60 bits per heavy atom. The fourth-order valence-electron chi connectivity index (χ4n) is 2.35. The van der Waals surface area contributed by atoms with Gasteiger partial charge in [0.25, 0.3) is 5.91 Å². The highest BCUT2D eigenvalue weighted by molar-refractivity contribution is 6.44. The maximum atomic E-state index is 12.1. The van der Waals surface area contributed by atoms with Gasteiger partial charge in [0.15, 0.2) is 0 Å². The third-order valence-electron chi connectivity index (χ3n) is 3.20. The Hall–Kier alpha value is -2.88. The van der Waals surface area contributed by atoms with Gasteiger partial charge in [0.05, 0.1) is 11.1 Å². The average molecular weight is 265 g/mol. The fourth-order valence-corrected chi connectivity index (χ4v) is 2.35. The molecule has 98 valence electrons. The second-order valence-corrected chi connectivity index (χ2v) is 4.42. The fraction of sp³-hybridized carbons (Fsp3) is 0. The molecule has 1 aliphatic rings. The Morgan fingerprint density at radius 1 is 0.950 bits per heavy atom. The molecule has 0 aromatic heterocycles. The quantitative estimate of drug-likeness (QED) is 0.820. The molecular weight excluding hydrogens is 254 g/mol. The first-order chi connectivity index (χ1) is 9.68. The van der Waals surface area contributed by atoms with E-state index in [2.05, 4.69) is 5.32 Å². The van der Waals surface area contributed by atoms with Gasteiger partial charge in [0, 0.05) is 11.3 Å². The molecule has 1 heterocycles. The lowest BCUT2D eigenvalue weighted by molar-refractivity contribution is -0.130. The van der Waals surface area contributed by atoms with Crippen LogP contribution in [-0.2, 0) is 9.59 Å². The van der Waals surface area contributed by atoms with Crippen LogP contribution in [0, 0.1) is 0 Å². The molecule has 1 aliphatic heterocycles. The second-order valence-electron chi connectivity index (χ2n) is 4.42. The van der Waals surface area contributed by atoms with E-state index in [1.807, 2.05) is 0 Å². The van der Waals surface area contributed by atoms with E-state index in [-0.39, 0.29) is 17.1 Å². The number of fused-ring (bicyclic) bond motifs is 1. The monoisotopic (exact) mass is 265 g/mol. The smallest absolute Gasteiger partial charge is 0.337 e. The summed E-state index contributed by atoms with van der Waals surface area (Å²) in [4.78, 5) is 23.7. The predicted octanol–water partition coefficient (Wildman–Crippen LogP) is 2.63. The lowest BCUT2D eigenvalue weighted by Gasteiger charge is -2.06. The zero-order chi connectivity index (χ0) is 14.1.